The summed E-state index contributed by atoms with van der Waals surface area (Å²) in [5.41, 5.74) is 0. The highest BCUT2D eigenvalue weighted by atomic mass is 79.9. The molecule has 0 atom stereocenters. The van der Waals surface area contributed by atoms with E-state index in [1.165, 1.54) is 0 Å². The zero-order valence-corrected chi connectivity index (χ0v) is 11.5. The molecule has 0 saturated carbocycles. The first-order valence-corrected chi connectivity index (χ1v) is 5.90. The van der Waals surface area contributed by atoms with E-state index in [1.54, 1.807) is 0 Å². The number of rotatable bonds is 5. The van der Waals surface area contributed by atoms with E-state index in [-0.39, 0.29) is 20.6 Å². The molecule has 1 heterocycles. The zero-order chi connectivity index (χ0) is 13.9. The van der Waals surface area contributed by atoms with Gasteiger partial charge in [-0.3, -0.25) is 0 Å². The van der Waals surface area contributed by atoms with E-state index < -0.39 is 25.6 Å². The summed E-state index contributed by atoms with van der Waals surface area (Å²) in [4.78, 5) is 7.33. The van der Waals surface area contributed by atoms with Crippen LogP contribution in [0.15, 0.2) is 4.47 Å². The van der Waals surface area contributed by atoms with Crippen LogP contribution in [0.1, 0.15) is 5.82 Å². The van der Waals surface area contributed by atoms with Gasteiger partial charge in [0.05, 0.1) is 4.47 Å². The van der Waals surface area contributed by atoms with Crippen LogP contribution in [0.3, 0.4) is 0 Å². The minimum atomic E-state index is -4.22. The fraction of sp³-hybridized carbons (Fsp3) is 0.500. The number of ether oxygens (including phenoxy) is 1. The van der Waals surface area contributed by atoms with Crippen LogP contribution in [-0.2, 0) is 11.3 Å². The van der Waals surface area contributed by atoms with Gasteiger partial charge >= 0.3 is 12.3 Å². The first-order chi connectivity index (χ1) is 8.24. The van der Waals surface area contributed by atoms with Crippen molar-refractivity contribution in [1.82, 2.24) is 9.97 Å². The highest BCUT2D eigenvalue weighted by molar-refractivity contribution is 9.10. The molecule has 0 saturated heterocycles. The lowest BCUT2D eigenvalue weighted by Gasteiger charge is -2.14. The van der Waals surface area contributed by atoms with Crippen molar-refractivity contribution in [1.29, 1.82) is 0 Å². The van der Waals surface area contributed by atoms with E-state index in [9.17, 15) is 17.6 Å². The second-order valence-corrected chi connectivity index (χ2v) is 4.60. The number of hydrogen-bond acceptors (Lipinski definition) is 3. The Balaban J connectivity index is 2.60. The molecule has 0 aliphatic carbocycles. The minimum Gasteiger partial charge on any atom is -0.367 e. The number of alkyl halides is 4. The third kappa shape index (κ3) is 4.18. The summed E-state index contributed by atoms with van der Waals surface area (Å²) in [6.45, 7) is -1.95. The second kappa shape index (κ2) is 6.31. The fourth-order valence-corrected chi connectivity index (χ4v) is 1.44. The molecule has 0 radical (unpaired) electrons. The number of hydrogen-bond donors (Lipinski definition) is 0. The Hall–Kier alpha value is -0.180. The van der Waals surface area contributed by atoms with Crippen molar-refractivity contribution < 1.29 is 22.3 Å². The molecule has 10 heteroatoms. The lowest BCUT2D eigenvalue weighted by Crippen LogP contribution is -2.32. The van der Waals surface area contributed by atoms with E-state index in [1.807, 2.05) is 0 Å². The van der Waals surface area contributed by atoms with E-state index in [0.29, 0.717) is 0 Å². The Bertz CT molecular complexity index is 413. The summed E-state index contributed by atoms with van der Waals surface area (Å²) in [7, 11) is 0. The standard InChI is InChI=1S/C8H5BrCl2F4N2O/c9-4-5(10)16-3(17-6(4)11)1-18-2-8(14,15)7(12)13/h7H,1-2H2. The van der Waals surface area contributed by atoms with Crippen LogP contribution in [0.5, 0.6) is 0 Å². The minimum absolute atomic E-state index is 0.0331. The molecule has 102 valence electrons. The molecule has 1 rings (SSSR count). The highest BCUT2D eigenvalue weighted by Crippen LogP contribution is 2.27. The Morgan fingerprint density at radius 2 is 1.72 bits per heavy atom. The van der Waals surface area contributed by atoms with Crippen LogP contribution >= 0.6 is 39.1 Å². The third-order valence-corrected chi connectivity index (χ3v) is 3.42. The van der Waals surface area contributed by atoms with Crippen molar-refractivity contribution in [3.63, 3.8) is 0 Å². The first-order valence-electron chi connectivity index (χ1n) is 4.35. The Labute approximate surface area is 118 Å². The van der Waals surface area contributed by atoms with Crippen molar-refractivity contribution in [2.24, 2.45) is 0 Å². The zero-order valence-electron chi connectivity index (χ0n) is 8.44. The molecule has 1 aromatic rings. The van der Waals surface area contributed by atoms with Crippen LogP contribution < -0.4 is 0 Å². The van der Waals surface area contributed by atoms with Crippen LogP contribution in [0, 0.1) is 0 Å². The molecule has 0 spiro atoms. The van der Waals surface area contributed by atoms with Crippen LogP contribution in [0.25, 0.3) is 0 Å². The molecule has 0 amide bonds. The molecule has 0 aliphatic heterocycles. The molecular weight excluding hydrogens is 367 g/mol. The molecule has 0 N–H and O–H groups in total. The van der Waals surface area contributed by atoms with Gasteiger partial charge in [-0.1, -0.05) is 23.2 Å². The maximum atomic E-state index is 12.5. The van der Waals surface area contributed by atoms with Gasteiger partial charge in [0.2, 0.25) is 0 Å². The van der Waals surface area contributed by atoms with Crippen LogP contribution in [0.4, 0.5) is 17.6 Å². The fourth-order valence-electron chi connectivity index (χ4n) is 0.841. The molecule has 0 aromatic carbocycles. The summed E-state index contributed by atoms with van der Waals surface area (Å²) in [6, 6.07) is 0. The van der Waals surface area contributed by atoms with Gasteiger partial charge in [0, 0.05) is 0 Å². The predicted molar refractivity (Wildman–Crippen MR) is 60.4 cm³/mol. The third-order valence-electron chi connectivity index (χ3n) is 1.66. The quantitative estimate of drug-likeness (QED) is 0.580. The molecule has 3 nitrogen and oxygen atoms in total. The number of halogens is 7. The normalized spacial score (nSPS) is 12.2. The Morgan fingerprint density at radius 3 is 2.17 bits per heavy atom. The van der Waals surface area contributed by atoms with Crippen LogP contribution in [-0.4, -0.2) is 28.9 Å². The number of nitrogens with zero attached hydrogens (tertiary/aromatic N) is 2. The van der Waals surface area contributed by atoms with Gasteiger partial charge in [-0.2, -0.15) is 8.78 Å². The van der Waals surface area contributed by atoms with E-state index in [2.05, 4.69) is 30.6 Å². The maximum absolute atomic E-state index is 12.5. The smallest absolute Gasteiger partial charge is 0.330 e. The maximum Gasteiger partial charge on any atom is 0.330 e. The summed E-state index contributed by atoms with van der Waals surface area (Å²) in [5.74, 6) is -4.30. The molecule has 0 unspecified atom stereocenters. The van der Waals surface area contributed by atoms with Crippen molar-refractivity contribution >= 4 is 39.1 Å². The van der Waals surface area contributed by atoms with Gasteiger partial charge in [0.15, 0.2) is 5.82 Å². The molecular formula is C8H5BrCl2F4N2O. The van der Waals surface area contributed by atoms with Gasteiger partial charge in [-0.05, 0) is 15.9 Å². The van der Waals surface area contributed by atoms with Gasteiger partial charge in [0.1, 0.15) is 23.5 Å². The van der Waals surface area contributed by atoms with Gasteiger partial charge < -0.3 is 4.74 Å². The topological polar surface area (TPSA) is 35.0 Å². The Morgan fingerprint density at radius 1 is 1.22 bits per heavy atom. The predicted octanol–water partition coefficient (Wildman–Crippen LogP) is 3.96. The average Bonchev–Trinajstić information content (AvgIpc) is 2.25. The van der Waals surface area contributed by atoms with E-state index >= 15 is 0 Å². The first kappa shape index (κ1) is 15.9. The van der Waals surface area contributed by atoms with E-state index in [4.69, 9.17) is 23.2 Å². The van der Waals surface area contributed by atoms with Crippen molar-refractivity contribution in [3.8, 4) is 0 Å². The number of aromatic nitrogens is 2. The lowest BCUT2D eigenvalue weighted by molar-refractivity contribution is -0.168. The molecule has 0 fully saturated rings. The highest BCUT2D eigenvalue weighted by Gasteiger charge is 2.41. The molecule has 0 aliphatic rings. The average molecular weight is 372 g/mol. The van der Waals surface area contributed by atoms with Crippen molar-refractivity contribution in [2.45, 2.75) is 19.0 Å². The second-order valence-electron chi connectivity index (χ2n) is 3.09. The largest absolute Gasteiger partial charge is 0.367 e. The summed E-state index contributed by atoms with van der Waals surface area (Å²) < 4.78 is 53.3. The van der Waals surface area contributed by atoms with E-state index in [0.717, 1.165) is 0 Å². The SMILES string of the molecule is FC(F)C(F)(F)COCc1nc(Cl)c(Br)c(Cl)n1. The molecule has 18 heavy (non-hydrogen) atoms. The summed E-state index contributed by atoms with van der Waals surface area (Å²) in [5, 5.41) is -0.0663. The summed E-state index contributed by atoms with van der Waals surface area (Å²) in [6.07, 6.45) is -3.80. The van der Waals surface area contributed by atoms with Crippen molar-refractivity contribution in [3.05, 3.63) is 20.6 Å². The van der Waals surface area contributed by atoms with Gasteiger partial charge in [-0.15, -0.1) is 0 Å². The lowest BCUT2D eigenvalue weighted by atomic mass is 10.4. The Kier molecular flexibility index (Phi) is 5.57. The van der Waals surface area contributed by atoms with Crippen molar-refractivity contribution in [2.75, 3.05) is 6.61 Å². The monoisotopic (exact) mass is 370 g/mol. The van der Waals surface area contributed by atoms with Crippen LogP contribution in [0.2, 0.25) is 10.3 Å². The molecule has 1 aromatic heterocycles. The summed E-state index contributed by atoms with van der Waals surface area (Å²) >= 11 is 14.2. The van der Waals surface area contributed by atoms with Gasteiger partial charge in [-0.25, -0.2) is 18.7 Å². The van der Waals surface area contributed by atoms with Gasteiger partial charge in [0.25, 0.3) is 0 Å². The molecule has 0 bridgehead atoms.